The SMILES string of the molecule is CCCCc1ccc(NC(=O)CSc2nnc(NC(=O)c3cc(C(F)(F)F)cc(C(F)(F)F)c3)s2)c(C)c1. The number of hydrogen-bond acceptors (Lipinski definition) is 6. The van der Waals surface area contributed by atoms with Crippen molar-refractivity contribution in [2.45, 2.75) is 49.8 Å². The van der Waals surface area contributed by atoms with Crippen LogP contribution in [0.15, 0.2) is 40.7 Å². The second-order valence-corrected chi connectivity index (χ2v) is 10.4. The first kappa shape index (κ1) is 29.4. The van der Waals surface area contributed by atoms with Gasteiger partial charge in [-0.25, -0.2) is 0 Å². The number of aromatic nitrogens is 2. The van der Waals surface area contributed by atoms with Crippen molar-refractivity contribution in [1.82, 2.24) is 10.2 Å². The van der Waals surface area contributed by atoms with Gasteiger partial charge in [-0.05, 0) is 55.2 Å². The Labute approximate surface area is 222 Å². The lowest BCUT2D eigenvalue weighted by atomic mass is 10.0. The van der Waals surface area contributed by atoms with Gasteiger partial charge >= 0.3 is 12.4 Å². The molecule has 2 aromatic carbocycles. The Kier molecular flexibility index (Phi) is 9.41. The molecule has 3 rings (SSSR count). The van der Waals surface area contributed by atoms with Gasteiger partial charge in [0.2, 0.25) is 11.0 Å². The molecule has 14 heteroatoms. The van der Waals surface area contributed by atoms with E-state index in [0.29, 0.717) is 17.8 Å². The van der Waals surface area contributed by atoms with Gasteiger partial charge < -0.3 is 5.32 Å². The van der Waals surface area contributed by atoms with Crippen molar-refractivity contribution in [2.24, 2.45) is 0 Å². The van der Waals surface area contributed by atoms with E-state index in [-0.39, 0.29) is 27.2 Å². The number of thioether (sulfide) groups is 1. The summed E-state index contributed by atoms with van der Waals surface area (Å²) >= 11 is 1.83. The van der Waals surface area contributed by atoms with Gasteiger partial charge in [-0.3, -0.25) is 14.9 Å². The molecule has 0 aliphatic carbocycles. The number of halogens is 6. The fraction of sp³-hybridized carbons (Fsp3) is 0.333. The Morgan fingerprint density at radius 1 is 0.947 bits per heavy atom. The average molecular weight is 577 g/mol. The molecule has 0 unspecified atom stereocenters. The van der Waals surface area contributed by atoms with Gasteiger partial charge in [-0.15, -0.1) is 10.2 Å². The third-order valence-electron chi connectivity index (χ3n) is 5.19. The lowest BCUT2D eigenvalue weighted by Crippen LogP contribution is -2.17. The third kappa shape index (κ3) is 8.18. The molecular weight excluding hydrogens is 554 g/mol. The molecule has 3 aromatic rings. The third-order valence-corrected chi connectivity index (χ3v) is 7.16. The first-order valence-corrected chi connectivity index (χ1v) is 13.0. The summed E-state index contributed by atoms with van der Waals surface area (Å²) in [5.74, 6) is -1.57. The van der Waals surface area contributed by atoms with Gasteiger partial charge in [0, 0.05) is 11.3 Å². The van der Waals surface area contributed by atoms with Crippen molar-refractivity contribution < 1.29 is 35.9 Å². The topological polar surface area (TPSA) is 84.0 Å². The normalized spacial score (nSPS) is 11.9. The molecule has 0 aliphatic rings. The predicted molar refractivity (Wildman–Crippen MR) is 133 cm³/mol. The maximum atomic E-state index is 13.0. The van der Waals surface area contributed by atoms with Gasteiger partial charge in [-0.1, -0.05) is 48.6 Å². The smallest absolute Gasteiger partial charge is 0.325 e. The van der Waals surface area contributed by atoms with E-state index in [1.165, 1.54) is 5.56 Å². The van der Waals surface area contributed by atoms with Crippen molar-refractivity contribution in [3.8, 4) is 0 Å². The van der Waals surface area contributed by atoms with Crippen LogP contribution in [0.1, 0.15) is 52.4 Å². The maximum absolute atomic E-state index is 13.0. The molecule has 0 atom stereocenters. The van der Waals surface area contributed by atoms with E-state index in [1.54, 1.807) is 0 Å². The van der Waals surface area contributed by atoms with Crippen molar-refractivity contribution in [2.75, 3.05) is 16.4 Å². The van der Waals surface area contributed by atoms with Crippen molar-refractivity contribution in [3.05, 3.63) is 64.2 Å². The first-order valence-electron chi connectivity index (χ1n) is 11.2. The molecule has 0 radical (unpaired) electrons. The lowest BCUT2D eigenvalue weighted by molar-refractivity contribution is -0.143. The van der Waals surface area contributed by atoms with Gasteiger partial charge in [0.15, 0.2) is 4.34 Å². The van der Waals surface area contributed by atoms with E-state index in [9.17, 15) is 35.9 Å². The van der Waals surface area contributed by atoms with Gasteiger partial charge in [0.1, 0.15) is 0 Å². The van der Waals surface area contributed by atoms with Crippen LogP contribution in [-0.4, -0.2) is 27.8 Å². The van der Waals surface area contributed by atoms with E-state index in [1.807, 2.05) is 25.1 Å². The predicted octanol–water partition coefficient (Wildman–Crippen LogP) is 7.21. The van der Waals surface area contributed by atoms with Crippen LogP contribution in [0.4, 0.5) is 37.2 Å². The number of benzene rings is 2. The molecule has 0 saturated carbocycles. The standard InChI is InChI=1S/C24H22F6N4O2S2/c1-3-4-5-14-6-7-18(13(2)8-14)31-19(35)12-37-22-34-33-21(38-22)32-20(36)15-9-16(23(25,26)27)11-17(10-15)24(28,29)30/h6-11H,3-5,12H2,1-2H3,(H,31,35)(H,32,33,36). The first-order chi connectivity index (χ1) is 17.8. The minimum atomic E-state index is -5.08. The fourth-order valence-corrected chi connectivity index (χ4v) is 4.84. The van der Waals surface area contributed by atoms with E-state index >= 15 is 0 Å². The van der Waals surface area contributed by atoms with Crippen molar-refractivity contribution in [1.29, 1.82) is 0 Å². The number of amides is 2. The highest BCUT2D eigenvalue weighted by Gasteiger charge is 2.37. The lowest BCUT2D eigenvalue weighted by Gasteiger charge is -2.13. The largest absolute Gasteiger partial charge is 0.416 e. The van der Waals surface area contributed by atoms with Crippen molar-refractivity contribution in [3.63, 3.8) is 0 Å². The maximum Gasteiger partial charge on any atom is 0.416 e. The summed E-state index contributed by atoms with van der Waals surface area (Å²) in [7, 11) is 0. The Bertz CT molecular complexity index is 1280. The number of unbranched alkanes of at least 4 members (excludes halogenated alkanes) is 1. The van der Waals surface area contributed by atoms with Crippen LogP contribution in [0.5, 0.6) is 0 Å². The summed E-state index contributed by atoms with van der Waals surface area (Å²) in [5.41, 5.74) is -1.29. The van der Waals surface area contributed by atoms with Crippen LogP contribution < -0.4 is 10.6 Å². The molecular formula is C24H22F6N4O2S2. The molecule has 2 amide bonds. The molecule has 0 fully saturated rings. The Hall–Kier alpha value is -3.13. The van der Waals surface area contributed by atoms with Crippen LogP contribution in [0.3, 0.4) is 0 Å². The Balaban J connectivity index is 1.61. The Morgan fingerprint density at radius 3 is 2.18 bits per heavy atom. The zero-order valence-corrected chi connectivity index (χ0v) is 21.7. The number of rotatable bonds is 9. The molecule has 0 aliphatic heterocycles. The molecule has 6 nitrogen and oxygen atoms in total. The number of alkyl halides is 6. The summed E-state index contributed by atoms with van der Waals surface area (Å²) in [5, 5.41) is 12.3. The Morgan fingerprint density at radius 2 is 1.61 bits per heavy atom. The van der Waals surface area contributed by atoms with E-state index < -0.39 is 35.0 Å². The number of nitrogens with zero attached hydrogens (tertiary/aromatic N) is 2. The molecule has 1 aromatic heterocycles. The summed E-state index contributed by atoms with van der Waals surface area (Å²) in [4.78, 5) is 24.7. The molecule has 1 heterocycles. The molecule has 2 N–H and O–H groups in total. The van der Waals surface area contributed by atoms with Crippen LogP contribution >= 0.6 is 23.1 Å². The summed E-state index contributed by atoms with van der Waals surface area (Å²) in [6, 6.07) is 6.38. The van der Waals surface area contributed by atoms with Gasteiger partial charge in [-0.2, -0.15) is 26.3 Å². The van der Waals surface area contributed by atoms with Crippen LogP contribution in [-0.2, 0) is 23.6 Å². The number of anilines is 2. The molecule has 38 heavy (non-hydrogen) atoms. The van der Waals surface area contributed by atoms with Crippen LogP contribution in [0.2, 0.25) is 0 Å². The number of carbonyl (C=O) groups excluding carboxylic acids is 2. The number of carbonyl (C=O) groups is 2. The van der Waals surface area contributed by atoms with Crippen LogP contribution in [0.25, 0.3) is 0 Å². The number of nitrogens with one attached hydrogen (secondary N) is 2. The molecule has 0 spiro atoms. The minimum Gasteiger partial charge on any atom is -0.325 e. The second-order valence-electron chi connectivity index (χ2n) is 8.21. The van der Waals surface area contributed by atoms with Crippen LogP contribution in [0, 0.1) is 6.92 Å². The number of hydrogen-bond donors (Lipinski definition) is 2. The fourth-order valence-electron chi connectivity index (χ4n) is 3.29. The van der Waals surface area contributed by atoms with Gasteiger partial charge in [0.05, 0.1) is 16.9 Å². The summed E-state index contributed by atoms with van der Waals surface area (Å²) in [6.07, 6.45) is -7.07. The zero-order valence-electron chi connectivity index (χ0n) is 20.1. The molecule has 0 bridgehead atoms. The quantitative estimate of drug-likeness (QED) is 0.160. The summed E-state index contributed by atoms with van der Waals surface area (Å²) < 4.78 is 78.5. The monoisotopic (exact) mass is 576 g/mol. The highest BCUT2D eigenvalue weighted by Crippen LogP contribution is 2.36. The average Bonchev–Trinajstić information content (AvgIpc) is 3.28. The molecule has 204 valence electrons. The van der Waals surface area contributed by atoms with E-state index in [2.05, 4.69) is 27.8 Å². The second kappa shape index (κ2) is 12.2. The molecule has 0 saturated heterocycles. The van der Waals surface area contributed by atoms with Crippen molar-refractivity contribution >= 4 is 45.7 Å². The van der Waals surface area contributed by atoms with E-state index in [0.717, 1.165) is 47.9 Å². The van der Waals surface area contributed by atoms with E-state index in [4.69, 9.17) is 0 Å². The highest BCUT2D eigenvalue weighted by atomic mass is 32.2. The number of aryl methyl sites for hydroxylation is 2. The highest BCUT2D eigenvalue weighted by molar-refractivity contribution is 8.01. The minimum absolute atomic E-state index is 0.0395. The summed E-state index contributed by atoms with van der Waals surface area (Å²) in [6.45, 7) is 4.00. The van der Waals surface area contributed by atoms with Gasteiger partial charge in [0.25, 0.3) is 5.91 Å². The zero-order chi connectivity index (χ0) is 28.1.